The third-order valence-corrected chi connectivity index (χ3v) is 3.53. The summed E-state index contributed by atoms with van der Waals surface area (Å²) in [4.78, 5) is 23.8. The van der Waals surface area contributed by atoms with Crippen LogP contribution in [0.2, 0.25) is 0 Å². The molecule has 0 bridgehead atoms. The maximum absolute atomic E-state index is 11.9. The second kappa shape index (κ2) is 8.15. The minimum Gasteiger partial charge on any atom is -0.494 e. The van der Waals surface area contributed by atoms with E-state index >= 15 is 0 Å². The molecule has 24 heavy (non-hydrogen) atoms. The molecule has 0 unspecified atom stereocenters. The Bertz CT molecular complexity index is 723. The second-order valence-corrected chi connectivity index (χ2v) is 5.38. The Hall–Kier alpha value is -2.82. The number of ether oxygens (including phenoxy) is 2. The number of rotatable bonds is 6. The minimum absolute atomic E-state index is 0.334. The Kier molecular flexibility index (Phi) is 5.95. The molecule has 1 N–H and O–H groups in total. The van der Waals surface area contributed by atoms with Crippen LogP contribution < -0.4 is 10.1 Å². The summed E-state index contributed by atoms with van der Waals surface area (Å²) in [7, 11) is 0. The molecule has 0 radical (unpaired) electrons. The Balaban J connectivity index is 1.86. The third kappa shape index (κ3) is 4.84. The summed E-state index contributed by atoms with van der Waals surface area (Å²) in [6.45, 7) is 6.08. The van der Waals surface area contributed by atoms with Gasteiger partial charge in [0.2, 0.25) is 0 Å². The van der Waals surface area contributed by atoms with E-state index in [0.717, 1.165) is 11.1 Å². The van der Waals surface area contributed by atoms with Crippen LogP contribution in [0.3, 0.4) is 0 Å². The van der Waals surface area contributed by atoms with Gasteiger partial charge in [-0.1, -0.05) is 6.07 Å². The molecule has 0 aliphatic heterocycles. The molecule has 0 spiro atoms. The zero-order valence-electron chi connectivity index (χ0n) is 14.1. The van der Waals surface area contributed by atoms with Crippen molar-refractivity contribution in [3.63, 3.8) is 0 Å². The lowest BCUT2D eigenvalue weighted by molar-refractivity contribution is -0.119. The number of amides is 1. The highest BCUT2D eigenvalue weighted by molar-refractivity contribution is 5.95. The van der Waals surface area contributed by atoms with E-state index in [1.165, 1.54) is 0 Å². The van der Waals surface area contributed by atoms with Gasteiger partial charge in [-0.25, -0.2) is 4.79 Å². The quantitative estimate of drug-likeness (QED) is 0.825. The molecule has 2 aromatic rings. The van der Waals surface area contributed by atoms with Crippen LogP contribution in [0.4, 0.5) is 5.69 Å². The molecule has 2 rings (SSSR count). The largest absolute Gasteiger partial charge is 0.494 e. The van der Waals surface area contributed by atoms with Gasteiger partial charge in [-0.05, 0) is 68.3 Å². The molecular formula is C19H21NO4. The van der Waals surface area contributed by atoms with Crippen molar-refractivity contribution in [1.82, 2.24) is 0 Å². The standard InChI is InChI=1S/C19H21NO4/c1-4-23-17-9-6-15(7-10-17)19(22)24-12-18(21)20-16-8-5-13(2)14(3)11-16/h5-11H,4,12H2,1-3H3,(H,20,21). The highest BCUT2D eigenvalue weighted by Crippen LogP contribution is 2.15. The number of carbonyl (C=O) groups excluding carboxylic acids is 2. The van der Waals surface area contributed by atoms with Gasteiger partial charge in [0.25, 0.3) is 5.91 Å². The van der Waals surface area contributed by atoms with Gasteiger partial charge in [0, 0.05) is 5.69 Å². The van der Waals surface area contributed by atoms with Crippen molar-refractivity contribution in [3.8, 4) is 5.75 Å². The third-order valence-electron chi connectivity index (χ3n) is 3.53. The van der Waals surface area contributed by atoms with Gasteiger partial charge in [-0.15, -0.1) is 0 Å². The van der Waals surface area contributed by atoms with E-state index in [2.05, 4.69) is 5.32 Å². The summed E-state index contributed by atoms with van der Waals surface area (Å²) >= 11 is 0. The molecule has 5 nitrogen and oxygen atoms in total. The number of hydrogen-bond donors (Lipinski definition) is 1. The van der Waals surface area contributed by atoms with E-state index in [-0.39, 0.29) is 12.5 Å². The number of esters is 1. The van der Waals surface area contributed by atoms with Gasteiger partial charge in [-0.2, -0.15) is 0 Å². The first-order valence-corrected chi connectivity index (χ1v) is 7.76. The van der Waals surface area contributed by atoms with Gasteiger partial charge >= 0.3 is 5.97 Å². The molecule has 126 valence electrons. The molecular weight excluding hydrogens is 306 g/mol. The molecule has 5 heteroatoms. The van der Waals surface area contributed by atoms with Crippen LogP contribution in [-0.4, -0.2) is 25.1 Å². The zero-order valence-corrected chi connectivity index (χ0v) is 14.1. The monoisotopic (exact) mass is 327 g/mol. The number of carbonyl (C=O) groups is 2. The number of nitrogens with one attached hydrogen (secondary N) is 1. The van der Waals surface area contributed by atoms with Crippen molar-refractivity contribution in [2.24, 2.45) is 0 Å². The minimum atomic E-state index is -0.548. The first-order valence-electron chi connectivity index (χ1n) is 7.76. The summed E-state index contributed by atoms with van der Waals surface area (Å²) in [5.41, 5.74) is 3.28. The fourth-order valence-corrected chi connectivity index (χ4v) is 2.08. The zero-order chi connectivity index (χ0) is 17.5. The fourth-order valence-electron chi connectivity index (χ4n) is 2.08. The van der Waals surface area contributed by atoms with Crippen molar-refractivity contribution >= 4 is 17.6 Å². The van der Waals surface area contributed by atoms with E-state index in [9.17, 15) is 9.59 Å². The van der Waals surface area contributed by atoms with Crippen LogP contribution in [0.5, 0.6) is 5.75 Å². The highest BCUT2D eigenvalue weighted by Gasteiger charge is 2.11. The molecule has 0 aliphatic carbocycles. The van der Waals surface area contributed by atoms with Crippen LogP contribution in [0.15, 0.2) is 42.5 Å². The van der Waals surface area contributed by atoms with E-state index in [0.29, 0.717) is 23.6 Å². The Morgan fingerprint density at radius 2 is 1.71 bits per heavy atom. The molecule has 0 heterocycles. The van der Waals surface area contributed by atoms with Crippen LogP contribution in [0.25, 0.3) is 0 Å². The number of benzene rings is 2. The van der Waals surface area contributed by atoms with E-state index in [4.69, 9.17) is 9.47 Å². The highest BCUT2D eigenvalue weighted by atomic mass is 16.5. The second-order valence-electron chi connectivity index (χ2n) is 5.38. The van der Waals surface area contributed by atoms with Crippen molar-refractivity contribution in [2.45, 2.75) is 20.8 Å². The van der Waals surface area contributed by atoms with Gasteiger partial charge < -0.3 is 14.8 Å². The van der Waals surface area contributed by atoms with Gasteiger partial charge in [0.05, 0.1) is 12.2 Å². The average Bonchev–Trinajstić information content (AvgIpc) is 2.57. The maximum atomic E-state index is 11.9. The molecule has 0 aromatic heterocycles. The van der Waals surface area contributed by atoms with Crippen molar-refractivity contribution in [2.75, 3.05) is 18.5 Å². The molecule has 0 atom stereocenters. The molecule has 0 aliphatic rings. The summed E-state index contributed by atoms with van der Waals surface area (Å²) in [6.07, 6.45) is 0. The van der Waals surface area contributed by atoms with Crippen molar-refractivity contribution in [3.05, 3.63) is 59.2 Å². The lowest BCUT2D eigenvalue weighted by Crippen LogP contribution is -2.21. The predicted molar refractivity (Wildman–Crippen MR) is 92.4 cm³/mol. The molecule has 2 aromatic carbocycles. The van der Waals surface area contributed by atoms with Crippen LogP contribution in [-0.2, 0) is 9.53 Å². The molecule has 0 saturated carbocycles. The van der Waals surface area contributed by atoms with Gasteiger partial charge in [0.15, 0.2) is 6.61 Å². The lowest BCUT2D eigenvalue weighted by Gasteiger charge is -2.09. The van der Waals surface area contributed by atoms with Crippen LogP contribution >= 0.6 is 0 Å². The summed E-state index contributed by atoms with van der Waals surface area (Å²) in [5, 5.41) is 2.71. The Labute approximate surface area is 141 Å². The molecule has 0 saturated heterocycles. The summed E-state index contributed by atoms with van der Waals surface area (Å²) in [6, 6.07) is 12.2. The molecule has 1 amide bonds. The normalized spacial score (nSPS) is 10.1. The topological polar surface area (TPSA) is 64.6 Å². The van der Waals surface area contributed by atoms with E-state index in [1.807, 2.05) is 39.0 Å². The number of hydrogen-bond acceptors (Lipinski definition) is 4. The Morgan fingerprint density at radius 1 is 1.00 bits per heavy atom. The molecule has 0 fully saturated rings. The SMILES string of the molecule is CCOc1ccc(C(=O)OCC(=O)Nc2ccc(C)c(C)c2)cc1. The van der Waals surface area contributed by atoms with E-state index in [1.54, 1.807) is 24.3 Å². The Morgan fingerprint density at radius 3 is 2.33 bits per heavy atom. The van der Waals surface area contributed by atoms with Crippen molar-refractivity contribution < 1.29 is 19.1 Å². The maximum Gasteiger partial charge on any atom is 0.338 e. The van der Waals surface area contributed by atoms with E-state index < -0.39 is 5.97 Å². The first kappa shape index (κ1) is 17.5. The average molecular weight is 327 g/mol. The van der Waals surface area contributed by atoms with Crippen LogP contribution in [0.1, 0.15) is 28.4 Å². The fraction of sp³-hybridized carbons (Fsp3) is 0.263. The summed E-state index contributed by atoms with van der Waals surface area (Å²) < 4.78 is 10.3. The predicted octanol–water partition coefficient (Wildman–Crippen LogP) is 3.50. The van der Waals surface area contributed by atoms with Crippen LogP contribution in [0, 0.1) is 13.8 Å². The number of aryl methyl sites for hydroxylation is 2. The smallest absolute Gasteiger partial charge is 0.338 e. The lowest BCUT2D eigenvalue weighted by atomic mass is 10.1. The van der Waals surface area contributed by atoms with Gasteiger partial charge in [-0.3, -0.25) is 4.79 Å². The summed E-state index contributed by atoms with van der Waals surface area (Å²) in [5.74, 6) is -0.243. The first-order chi connectivity index (χ1) is 11.5. The van der Waals surface area contributed by atoms with Gasteiger partial charge in [0.1, 0.15) is 5.75 Å². The van der Waals surface area contributed by atoms with Crippen molar-refractivity contribution in [1.29, 1.82) is 0 Å². The number of anilines is 1.